The first kappa shape index (κ1) is 19.1. The van der Waals surface area contributed by atoms with Crippen LogP contribution in [0, 0.1) is 11.3 Å². The number of carbonyl (C=O) groups is 1. The summed E-state index contributed by atoms with van der Waals surface area (Å²) in [6.45, 7) is 2.92. The number of unbranched alkanes of at least 4 members (excludes halogenated alkanes) is 1. The molecule has 0 saturated heterocycles. The van der Waals surface area contributed by atoms with Gasteiger partial charge in [-0.1, -0.05) is 19.4 Å². The van der Waals surface area contributed by atoms with Gasteiger partial charge < -0.3 is 19.2 Å². The lowest BCUT2D eigenvalue weighted by Crippen LogP contribution is -2.23. The van der Waals surface area contributed by atoms with Crippen molar-refractivity contribution in [2.24, 2.45) is 0 Å². The summed E-state index contributed by atoms with van der Waals surface area (Å²) in [6.07, 6.45) is 5.04. The summed E-state index contributed by atoms with van der Waals surface area (Å²) in [5, 5.41) is 11.9. The van der Waals surface area contributed by atoms with E-state index in [1.54, 1.807) is 37.4 Å². The van der Waals surface area contributed by atoms with Crippen LogP contribution in [0.2, 0.25) is 0 Å². The quantitative estimate of drug-likeness (QED) is 0.422. The molecule has 0 atom stereocenters. The van der Waals surface area contributed by atoms with Crippen molar-refractivity contribution in [2.75, 3.05) is 13.7 Å². The van der Waals surface area contributed by atoms with E-state index in [1.807, 2.05) is 6.07 Å². The summed E-state index contributed by atoms with van der Waals surface area (Å²) >= 11 is 0. The molecule has 0 unspecified atom stereocenters. The van der Waals surface area contributed by atoms with E-state index in [1.165, 1.54) is 12.3 Å². The highest BCUT2D eigenvalue weighted by molar-refractivity contribution is 6.01. The molecule has 2 aromatic rings. The van der Waals surface area contributed by atoms with Crippen LogP contribution >= 0.6 is 0 Å². The van der Waals surface area contributed by atoms with E-state index in [-0.39, 0.29) is 12.1 Å². The van der Waals surface area contributed by atoms with Crippen molar-refractivity contribution in [1.82, 2.24) is 5.32 Å². The lowest BCUT2D eigenvalue weighted by atomic mass is 10.1. The molecule has 26 heavy (non-hydrogen) atoms. The molecule has 6 nitrogen and oxygen atoms in total. The monoisotopic (exact) mass is 354 g/mol. The molecule has 0 bridgehead atoms. The number of rotatable bonds is 9. The van der Waals surface area contributed by atoms with Gasteiger partial charge in [0.2, 0.25) is 0 Å². The molecule has 1 amide bonds. The van der Waals surface area contributed by atoms with Crippen molar-refractivity contribution in [1.29, 1.82) is 5.26 Å². The van der Waals surface area contributed by atoms with E-state index in [9.17, 15) is 10.1 Å². The number of furan rings is 1. The van der Waals surface area contributed by atoms with Crippen LogP contribution in [0.15, 0.2) is 46.6 Å². The van der Waals surface area contributed by atoms with Crippen LogP contribution in [0.25, 0.3) is 6.08 Å². The Balaban J connectivity index is 2.09. The fourth-order valence-electron chi connectivity index (χ4n) is 2.21. The van der Waals surface area contributed by atoms with Gasteiger partial charge >= 0.3 is 0 Å². The fraction of sp³-hybridized carbons (Fsp3) is 0.300. The third-order valence-electron chi connectivity index (χ3n) is 3.62. The van der Waals surface area contributed by atoms with Gasteiger partial charge in [0.05, 0.1) is 26.5 Å². The highest BCUT2D eigenvalue weighted by Gasteiger charge is 2.11. The number of benzene rings is 1. The Kier molecular flexibility index (Phi) is 7.31. The second-order valence-corrected chi connectivity index (χ2v) is 5.54. The van der Waals surface area contributed by atoms with E-state index in [0.29, 0.717) is 29.4 Å². The molecule has 1 aromatic heterocycles. The summed E-state index contributed by atoms with van der Waals surface area (Å²) in [4.78, 5) is 12.2. The lowest BCUT2D eigenvalue weighted by Gasteiger charge is -2.11. The Labute approximate surface area is 153 Å². The van der Waals surface area contributed by atoms with Crippen molar-refractivity contribution in [2.45, 2.75) is 26.3 Å². The second-order valence-electron chi connectivity index (χ2n) is 5.54. The molecule has 2 rings (SSSR count). The molecule has 0 aliphatic rings. The van der Waals surface area contributed by atoms with Crippen LogP contribution in [0.1, 0.15) is 31.1 Å². The zero-order chi connectivity index (χ0) is 18.8. The van der Waals surface area contributed by atoms with Gasteiger partial charge in [-0.25, -0.2) is 0 Å². The molecular weight excluding hydrogens is 332 g/mol. The molecule has 0 saturated carbocycles. The average Bonchev–Trinajstić information content (AvgIpc) is 3.18. The standard InChI is InChI=1S/C20H22N2O4/c1-3-4-9-26-18-8-7-15(12-19(18)24-2)11-16(13-21)20(23)22-14-17-6-5-10-25-17/h5-8,10-12H,3-4,9,14H2,1-2H3,(H,22,23)/b16-11+. The first-order valence-electron chi connectivity index (χ1n) is 8.41. The topological polar surface area (TPSA) is 84.5 Å². The van der Waals surface area contributed by atoms with Crippen LogP contribution in [-0.2, 0) is 11.3 Å². The maximum atomic E-state index is 12.2. The van der Waals surface area contributed by atoms with Gasteiger partial charge in [-0.15, -0.1) is 0 Å². The number of methoxy groups -OCH3 is 1. The summed E-state index contributed by atoms with van der Waals surface area (Å²) in [7, 11) is 1.55. The van der Waals surface area contributed by atoms with Gasteiger partial charge in [0, 0.05) is 0 Å². The minimum absolute atomic E-state index is 0.00161. The van der Waals surface area contributed by atoms with Crippen molar-refractivity contribution in [3.8, 4) is 17.6 Å². The van der Waals surface area contributed by atoms with Crippen LogP contribution in [-0.4, -0.2) is 19.6 Å². The van der Waals surface area contributed by atoms with Crippen LogP contribution < -0.4 is 14.8 Å². The van der Waals surface area contributed by atoms with Crippen molar-refractivity contribution >= 4 is 12.0 Å². The molecule has 6 heteroatoms. The minimum atomic E-state index is -0.467. The SMILES string of the molecule is CCCCOc1ccc(/C=C(\C#N)C(=O)NCc2ccco2)cc1OC. The predicted molar refractivity (Wildman–Crippen MR) is 97.5 cm³/mol. The van der Waals surface area contributed by atoms with Crippen LogP contribution in [0.4, 0.5) is 0 Å². The smallest absolute Gasteiger partial charge is 0.262 e. The summed E-state index contributed by atoms with van der Waals surface area (Å²) in [5.41, 5.74) is 0.674. The molecule has 0 aliphatic heterocycles. The Morgan fingerprint density at radius 1 is 1.35 bits per heavy atom. The molecule has 1 aromatic carbocycles. The maximum absolute atomic E-state index is 12.2. The molecule has 0 aliphatic carbocycles. The number of ether oxygens (including phenoxy) is 2. The number of carbonyl (C=O) groups excluding carboxylic acids is 1. The van der Waals surface area contributed by atoms with Crippen molar-refractivity contribution < 1.29 is 18.7 Å². The van der Waals surface area contributed by atoms with Gasteiger partial charge in [-0.3, -0.25) is 4.79 Å². The number of nitriles is 1. The Bertz CT molecular complexity index is 789. The number of nitrogens with one attached hydrogen (secondary N) is 1. The molecule has 0 radical (unpaired) electrons. The van der Waals surface area contributed by atoms with E-state index in [2.05, 4.69) is 12.2 Å². The van der Waals surface area contributed by atoms with Crippen LogP contribution in [0.5, 0.6) is 11.5 Å². The van der Waals surface area contributed by atoms with E-state index in [0.717, 1.165) is 12.8 Å². The predicted octanol–water partition coefficient (Wildman–Crippen LogP) is 3.69. The van der Waals surface area contributed by atoms with Crippen molar-refractivity contribution in [3.05, 3.63) is 53.5 Å². The Morgan fingerprint density at radius 3 is 2.85 bits per heavy atom. The van der Waals surface area contributed by atoms with Gasteiger partial charge in [-0.2, -0.15) is 5.26 Å². The average molecular weight is 354 g/mol. The number of nitrogens with zero attached hydrogens (tertiary/aromatic N) is 1. The first-order valence-corrected chi connectivity index (χ1v) is 8.41. The van der Waals surface area contributed by atoms with Crippen LogP contribution in [0.3, 0.4) is 0 Å². The maximum Gasteiger partial charge on any atom is 0.262 e. The lowest BCUT2D eigenvalue weighted by molar-refractivity contribution is -0.117. The molecule has 1 N–H and O–H groups in total. The largest absolute Gasteiger partial charge is 0.493 e. The molecule has 1 heterocycles. The van der Waals surface area contributed by atoms with E-state index >= 15 is 0 Å². The second kappa shape index (κ2) is 9.94. The Hall–Kier alpha value is -3.20. The molecule has 0 fully saturated rings. The molecular formula is C20H22N2O4. The van der Waals surface area contributed by atoms with Crippen molar-refractivity contribution in [3.63, 3.8) is 0 Å². The van der Waals surface area contributed by atoms with Gasteiger partial charge in [0.25, 0.3) is 5.91 Å². The zero-order valence-electron chi connectivity index (χ0n) is 15.0. The Morgan fingerprint density at radius 2 is 2.19 bits per heavy atom. The summed E-state index contributed by atoms with van der Waals surface area (Å²) in [6, 6.07) is 10.7. The normalized spacial score (nSPS) is 10.9. The highest BCUT2D eigenvalue weighted by atomic mass is 16.5. The molecule has 136 valence electrons. The fourth-order valence-corrected chi connectivity index (χ4v) is 2.21. The number of hydrogen-bond acceptors (Lipinski definition) is 5. The zero-order valence-corrected chi connectivity index (χ0v) is 15.0. The summed E-state index contributed by atoms with van der Waals surface area (Å²) in [5.74, 6) is 1.35. The molecule has 0 spiro atoms. The van der Waals surface area contributed by atoms with E-state index < -0.39 is 5.91 Å². The third-order valence-corrected chi connectivity index (χ3v) is 3.62. The van der Waals surface area contributed by atoms with E-state index in [4.69, 9.17) is 13.9 Å². The highest BCUT2D eigenvalue weighted by Crippen LogP contribution is 2.29. The minimum Gasteiger partial charge on any atom is -0.493 e. The van der Waals surface area contributed by atoms with Gasteiger partial charge in [0.1, 0.15) is 17.4 Å². The summed E-state index contributed by atoms with van der Waals surface area (Å²) < 4.78 is 16.2. The van der Waals surface area contributed by atoms with Gasteiger partial charge in [0.15, 0.2) is 11.5 Å². The van der Waals surface area contributed by atoms with Gasteiger partial charge in [-0.05, 0) is 42.3 Å². The number of amides is 1. The third kappa shape index (κ3) is 5.42. The number of hydrogen-bond donors (Lipinski definition) is 1. The first-order chi connectivity index (χ1) is 12.7.